The molecule has 0 spiro atoms. The van der Waals surface area contributed by atoms with Gasteiger partial charge in [0, 0.05) is 32.7 Å². The first-order valence-electron chi connectivity index (χ1n) is 6.47. The lowest BCUT2D eigenvalue weighted by atomic mass is 10.0. The van der Waals surface area contributed by atoms with Gasteiger partial charge in [-0.1, -0.05) is 11.6 Å². The number of methoxy groups -OCH3 is 1. The number of ether oxygens (including phenoxy) is 1. The van der Waals surface area contributed by atoms with Crippen molar-refractivity contribution in [2.75, 3.05) is 39.8 Å². The summed E-state index contributed by atoms with van der Waals surface area (Å²) in [6.07, 6.45) is 1.05. The molecule has 1 fully saturated rings. The fourth-order valence-corrected chi connectivity index (χ4v) is 2.60. The van der Waals surface area contributed by atoms with Crippen LogP contribution in [0.4, 0.5) is 0 Å². The maximum atomic E-state index is 6.17. The van der Waals surface area contributed by atoms with Crippen molar-refractivity contribution in [3.8, 4) is 5.75 Å². The van der Waals surface area contributed by atoms with Crippen molar-refractivity contribution >= 4 is 11.6 Å². The largest absolute Gasteiger partial charge is 0.495 e. The quantitative estimate of drug-likeness (QED) is 0.905. The van der Waals surface area contributed by atoms with Crippen LogP contribution in [-0.4, -0.2) is 44.7 Å². The summed E-state index contributed by atoms with van der Waals surface area (Å²) in [4.78, 5) is 2.49. The van der Waals surface area contributed by atoms with E-state index in [-0.39, 0.29) is 0 Å². The Morgan fingerprint density at radius 1 is 1.33 bits per heavy atom. The lowest BCUT2D eigenvalue weighted by Crippen LogP contribution is -2.44. The van der Waals surface area contributed by atoms with E-state index >= 15 is 0 Å². The van der Waals surface area contributed by atoms with Crippen molar-refractivity contribution in [2.45, 2.75) is 13.3 Å². The predicted molar refractivity (Wildman–Crippen MR) is 75.8 cm³/mol. The van der Waals surface area contributed by atoms with Gasteiger partial charge in [-0.15, -0.1) is 0 Å². The van der Waals surface area contributed by atoms with Crippen molar-refractivity contribution in [3.63, 3.8) is 0 Å². The van der Waals surface area contributed by atoms with Gasteiger partial charge in [0.2, 0.25) is 0 Å². The zero-order valence-electron chi connectivity index (χ0n) is 11.1. The highest BCUT2D eigenvalue weighted by Crippen LogP contribution is 2.28. The Bertz CT molecular complexity index is 403. The molecule has 1 saturated heterocycles. The number of piperazine rings is 1. The molecule has 1 aliphatic heterocycles. The summed E-state index contributed by atoms with van der Waals surface area (Å²) in [7, 11) is 1.65. The first kappa shape index (κ1) is 13.7. The SMILES string of the molecule is COc1cc(C)c(CCN2CCNCC2)cc1Cl. The molecule has 0 aromatic heterocycles. The molecule has 0 saturated carbocycles. The highest BCUT2D eigenvalue weighted by molar-refractivity contribution is 6.32. The minimum absolute atomic E-state index is 0.707. The summed E-state index contributed by atoms with van der Waals surface area (Å²) in [5, 5.41) is 4.08. The van der Waals surface area contributed by atoms with Gasteiger partial charge in [0.25, 0.3) is 0 Å². The molecular weight excluding hydrogens is 248 g/mol. The fourth-order valence-electron chi connectivity index (χ4n) is 2.34. The Kier molecular flexibility index (Phi) is 4.87. The summed E-state index contributed by atoms with van der Waals surface area (Å²) >= 11 is 6.17. The van der Waals surface area contributed by atoms with Gasteiger partial charge in [0.1, 0.15) is 5.75 Å². The molecule has 1 aromatic rings. The lowest BCUT2D eigenvalue weighted by Gasteiger charge is -2.27. The Morgan fingerprint density at radius 3 is 2.72 bits per heavy atom. The molecule has 1 aromatic carbocycles. The van der Waals surface area contributed by atoms with Crippen LogP contribution >= 0.6 is 11.6 Å². The molecule has 0 radical (unpaired) electrons. The molecule has 1 aliphatic rings. The Balaban J connectivity index is 1.98. The van der Waals surface area contributed by atoms with E-state index in [1.54, 1.807) is 7.11 Å². The van der Waals surface area contributed by atoms with E-state index in [2.05, 4.69) is 17.1 Å². The number of nitrogens with one attached hydrogen (secondary N) is 1. The summed E-state index contributed by atoms with van der Waals surface area (Å²) in [5.41, 5.74) is 2.57. The van der Waals surface area contributed by atoms with Crippen LogP contribution in [0, 0.1) is 6.92 Å². The first-order valence-corrected chi connectivity index (χ1v) is 6.84. The molecule has 0 bridgehead atoms. The summed E-state index contributed by atoms with van der Waals surface area (Å²) in [6.45, 7) is 7.70. The molecule has 1 N–H and O–H groups in total. The third kappa shape index (κ3) is 3.37. The van der Waals surface area contributed by atoms with E-state index in [0.29, 0.717) is 5.02 Å². The van der Waals surface area contributed by atoms with E-state index in [9.17, 15) is 0 Å². The van der Waals surface area contributed by atoms with Crippen LogP contribution in [0.2, 0.25) is 5.02 Å². The molecule has 2 rings (SSSR count). The number of rotatable bonds is 4. The van der Waals surface area contributed by atoms with Gasteiger partial charge in [-0.25, -0.2) is 0 Å². The lowest BCUT2D eigenvalue weighted by molar-refractivity contribution is 0.244. The van der Waals surface area contributed by atoms with Crippen LogP contribution in [-0.2, 0) is 6.42 Å². The standard InChI is InChI=1S/C14H21ClN2O/c1-11-9-14(18-2)13(15)10-12(11)3-6-17-7-4-16-5-8-17/h9-10,16H,3-8H2,1-2H3. The normalized spacial score (nSPS) is 16.8. The van der Waals surface area contributed by atoms with Crippen molar-refractivity contribution in [1.29, 1.82) is 0 Å². The second-order valence-corrected chi connectivity index (χ2v) is 5.16. The minimum Gasteiger partial charge on any atom is -0.495 e. The summed E-state index contributed by atoms with van der Waals surface area (Å²) in [5.74, 6) is 0.764. The van der Waals surface area contributed by atoms with Gasteiger partial charge in [-0.05, 0) is 36.6 Å². The molecule has 0 aliphatic carbocycles. The third-order valence-electron chi connectivity index (χ3n) is 3.52. The van der Waals surface area contributed by atoms with Crippen molar-refractivity contribution < 1.29 is 4.74 Å². The average Bonchev–Trinajstić information content (AvgIpc) is 2.40. The number of hydrogen-bond donors (Lipinski definition) is 1. The molecule has 3 nitrogen and oxygen atoms in total. The Morgan fingerprint density at radius 2 is 2.06 bits per heavy atom. The number of benzene rings is 1. The molecule has 4 heteroatoms. The zero-order valence-corrected chi connectivity index (χ0v) is 11.9. The predicted octanol–water partition coefficient (Wildman–Crippen LogP) is 2.10. The second kappa shape index (κ2) is 6.41. The number of aryl methyl sites for hydroxylation is 1. The minimum atomic E-state index is 0.707. The average molecular weight is 269 g/mol. The van der Waals surface area contributed by atoms with Crippen LogP contribution in [0.15, 0.2) is 12.1 Å². The maximum absolute atomic E-state index is 6.17. The number of nitrogens with zero attached hydrogens (tertiary/aromatic N) is 1. The maximum Gasteiger partial charge on any atom is 0.137 e. The van der Waals surface area contributed by atoms with Gasteiger partial charge < -0.3 is 15.0 Å². The van der Waals surface area contributed by atoms with Gasteiger partial charge >= 0.3 is 0 Å². The third-order valence-corrected chi connectivity index (χ3v) is 3.81. The Hall–Kier alpha value is -0.770. The van der Waals surface area contributed by atoms with Crippen LogP contribution in [0.25, 0.3) is 0 Å². The molecule has 0 unspecified atom stereocenters. The van der Waals surface area contributed by atoms with Crippen LogP contribution in [0.1, 0.15) is 11.1 Å². The van der Waals surface area contributed by atoms with Gasteiger partial charge in [-0.3, -0.25) is 0 Å². The van der Waals surface area contributed by atoms with Gasteiger partial charge in [0.05, 0.1) is 12.1 Å². The summed E-state index contributed by atoms with van der Waals surface area (Å²) in [6, 6.07) is 4.06. The molecule has 0 amide bonds. The number of hydrogen-bond acceptors (Lipinski definition) is 3. The van der Waals surface area contributed by atoms with Crippen molar-refractivity contribution in [1.82, 2.24) is 10.2 Å². The van der Waals surface area contributed by atoms with Gasteiger partial charge in [-0.2, -0.15) is 0 Å². The monoisotopic (exact) mass is 268 g/mol. The van der Waals surface area contributed by atoms with Gasteiger partial charge in [0.15, 0.2) is 0 Å². The van der Waals surface area contributed by atoms with Crippen LogP contribution in [0.3, 0.4) is 0 Å². The van der Waals surface area contributed by atoms with E-state index in [1.165, 1.54) is 11.1 Å². The van der Waals surface area contributed by atoms with Crippen LogP contribution in [0.5, 0.6) is 5.75 Å². The van der Waals surface area contributed by atoms with E-state index < -0.39 is 0 Å². The van der Waals surface area contributed by atoms with E-state index in [4.69, 9.17) is 16.3 Å². The highest BCUT2D eigenvalue weighted by atomic mass is 35.5. The molecule has 1 heterocycles. The zero-order chi connectivity index (χ0) is 13.0. The Labute approximate surface area is 114 Å². The molecule has 18 heavy (non-hydrogen) atoms. The van der Waals surface area contributed by atoms with Crippen LogP contribution < -0.4 is 10.1 Å². The van der Waals surface area contributed by atoms with E-state index in [0.717, 1.165) is 44.9 Å². The van der Waals surface area contributed by atoms with Crippen molar-refractivity contribution in [3.05, 3.63) is 28.3 Å². The first-order chi connectivity index (χ1) is 8.70. The summed E-state index contributed by atoms with van der Waals surface area (Å²) < 4.78 is 5.22. The second-order valence-electron chi connectivity index (χ2n) is 4.75. The fraction of sp³-hybridized carbons (Fsp3) is 0.571. The number of halogens is 1. The molecule has 0 atom stereocenters. The van der Waals surface area contributed by atoms with Crippen molar-refractivity contribution in [2.24, 2.45) is 0 Å². The van der Waals surface area contributed by atoms with E-state index in [1.807, 2.05) is 12.1 Å². The highest BCUT2D eigenvalue weighted by Gasteiger charge is 2.11. The smallest absolute Gasteiger partial charge is 0.137 e. The molecule has 100 valence electrons. The molecular formula is C14H21ClN2O. The topological polar surface area (TPSA) is 24.5 Å².